The zero-order valence-electron chi connectivity index (χ0n) is 5.78. The lowest BCUT2D eigenvalue weighted by atomic mass is 10.2. The van der Waals surface area contributed by atoms with Gasteiger partial charge in [-0.1, -0.05) is 18.9 Å². The van der Waals surface area contributed by atoms with Crippen LogP contribution in [-0.2, 0) is 0 Å². The van der Waals surface area contributed by atoms with Gasteiger partial charge in [0.05, 0.1) is 0 Å². The largest absolute Gasteiger partial charge is 0.102 e. The number of hydrogen-bond donors (Lipinski definition) is 0. The van der Waals surface area contributed by atoms with Gasteiger partial charge in [-0.15, -0.1) is 5.92 Å². The third-order valence-corrected chi connectivity index (χ3v) is 0.832. The molecule has 0 heteroatoms. The lowest BCUT2D eigenvalue weighted by Gasteiger charge is -1.81. The zero-order chi connectivity index (χ0) is 6.41. The van der Waals surface area contributed by atoms with Crippen molar-refractivity contribution >= 4 is 0 Å². The molecule has 0 heterocycles. The van der Waals surface area contributed by atoms with Crippen molar-refractivity contribution in [3.63, 3.8) is 0 Å². The first-order valence-electron chi connectivity index (χ1n) is 2.90. The van der Waals surface area contributed by atoms with Crippen molar-refractivity contribution in [1.29, 1.82) is 0 Å². The van der Waals surface area contributed by atoms with Crippen LogP contribution in [0.4, 0.5) is 0 Å². The number of rotatable bonds is 1. The van der Waals surface area contributed by atoms with Crippen LogP contribution in [0.1, 0.15) is 27.2 Å². The summed E-state index contributed by atoms with van der Waals surface area (Å²) in [5.41, 5.74) is 1.18. The highest BCUT2D eigenvalue weighted by Crippen LogP contribution is 1.90. The lowest BCUT2D eigenvalue weighted by Crippen LogP contribution is -1.65. The topological polar surface area (TPSA) is 0 Å². The SMILES string of the molecule is CC#CC(C)=CCC. The first kappa shape index (κ1) is 7.30. The fraction of sp³-hybridized carbons (Fsp3) is 0.500. The predicted molar refractivity (Wildman–Crippen MR) is 37.5 cm³/mol. The molecule has 0 fully saturated rings. The van der Waals surface area contributed by atoms with E-state index >= 15 is 0 Å². The summed E-state index contributed by atoms with van der Waals surface area (Å²) >= 11 is 0. The molecule has 44 valence electrons. The summed E-state index contributed by atoms with van der Waals surface area (Å²) < 4.78 is 0. The highest BCUT2D eigenvalue weighted by Gasteiger charge is 1.73. The first-order chi connectivity index (χ1) is 3.81. The molecule has 0 N–H and O–H groups in total. The van der Waals surface area contributed by atoms with Gasteiger partial charge >= 0.3 is 0 Å². The molecule has 0 aromatic heterocycles. The quantitative estimate of drug-likeness (QED) is 0.452. The van der Waals surface area contributed by atoms with E-state index in [0.717, 1.165) is 6.42 Å². The Balaban J connectivity index is 3.74. The Labute approximate surface area is 51.6 Å². The molecule has 0 spiro atoms. The molecular formula is C8H12. The second-order valence-electron chi connectivity index (χ2n) is 1.67. The van der Waals surface area contributed by atoms with Crippen molar-refractivity contribution in [1.82, 2.24) is 0 Å². The molecule has 8 heavy (non-hydrogen) atoms. The minimum atomic E-state index is 1.08. The zero-order valence-corrected chi connectivity index (χ0v) is 5.78. The van der Waals surface area contributed by atoms with Crippen LogP contribution in [0.15, 0.2) is 11.6 Å². The summed E-state index contributed by atoms with van der Waals surface area (Å²) in [6, 6.07) is 0. The van der Waals surface area contributed by atoms with Crippen molar-refractivity contribution < 1.29 is 0 Å². The predicted octanol–water partition coefficient (Wildman–Crippen LogP) is 2.37. The molecular weight excluding hydrogens is 96.1 g/mol. The first-order valence-corrected chi connectivity index (χ1v) is 2.90. The highest BCUT2D eigenvalue weighted by molar-refractivity contribution is 5.25. The van der Waals surface area contributed by atoms with Gasteiger partial charge in [0.2, 0.25) is 0 Å². The smallest absolute Gasteiger partial charge is 0.00234 e. The minimum Gasteiger partial charge on any atom is -0.102 e. The molecule has 0 aliphatic rings. The summed E-state index contributed by atoms with van der Waals surface area (Å²) in [5.74, 6) is 5.79. The van der Waals surface area contributed by atoms with Crippen molar-refractivity contribution in [2.45, 2.75) is 27.2 Å². The Bertz CT molecular complexity index is 130. The van der Waals surface area contributed by atoms with E-state index in [4.69, 9.17) is 0 Å². The Morgan fingerprint density at radius 1 is 1.62 bits per heavy atom. The summed E-state index contributed by atoms with van der Waals surface area (Å²) in [5, 5.41) is 0. The summed E-state index contributed by atoms with van der Waals surface area (Å²) in [4.78, 5) is 0. The fourth-order valence-electron chi connectivity index (χ4n) is 0.554. The highest BCUT2D eigenvalue weighted by atomic mass is 13.8. The summed E-state index contributed by atoms with van der Waals surface area (Å²) in [6.07, 6.45) is 3.21. The van der Waals surface area contributed by atoms with Gasteiger partial charge in [-0.25, -0.2) is 0 Å². The van der Waals surface area contributed by atoms with Gasteiger partial charge in [0.25, 0.3) is 0 Å². The standard InChI is InChI=1S/C8H12/c1-4-6-8(3)7-5-2/h6H,4H2,1-3H3. The molecule has 0 aliphatic heterocycles. The molecule has 0 saturated carbocycles. The van der Waals surface area contributed by atoms with E-state index in [1.165, 1.54) is 5.57 Å². The minimum absolute atomic E-state index is 1.08. The average Bonchev–Trinajstić information content (AvgIpc) is 1.68. The van der Waals surface area contributed by atoms with Crippen LogP contribution in [0.2, 0.25) is 0 Å². The second-order valence-corrected chi connectivity index (χ2v) is 1.67. The van der Waals surface area contributed by atoms with E-state index in [2.05, 4.69) is 24.8 Å². The molecule has 0 radical (unpaired) electrons. The molecule has 0 aliphatic carbocycles. The van der Waals surface area contributed by atoms with E-state index in [1.54, 1.807) is 0 Å². The van der Waals surface area contributed by atoms with Crippen LogP contribution in [0.25, 0.3) is 0 Å². The Kier molecular flexibility index (Phi) is 4.07. The molecule has 0 aromatic rings. The van der Waals surface area contributed by atoms with Crippen molar-refractivity contribution in [3.8, 4) is 11.8 Å². The van der Waals surface area contributed by atoms with Gasteiger partial charge in [-0.05, 0) is 25.8 Å². The monoisotopic (exact) mass is 108 g/mol. The molecule has 0 nitrogen and oxygen atoms in total. The van der Waals surface area contributed by atoms with Gasteiger partial charge < -0.3 is 0 Å². The fourth-order valence-corrected chi connectivity index (χ4v) is 0.554. The van der Waals surface area contributed by atoms with E-state index in [9.17, 15) is 0 Å². The maximum absolute atomic E-state index is 2.96. The van der Waals surface area contributed by atoms with Gasteiger partial charge in [0.1, 0.15) is 0 Å². The lowest BCUT2D eigenvalue weighted by molar-refractivity contribution is 1.20. The summed E-state index contributed by atoms with van der Waals surface area (Å²) in [6.45, 7) is 5.99. The molecule has 0 bridgehead atoms. The number of allylic oxidation sites excluding steroid dienone is 2. The van der Waals surface area contributed by atoms with Crippen molar-refractivity contribution in [3.05, 3.63) is 11.6 Å². The maximum Gasteiger partial charge on any atom is -0.00234 e. The van der Waals surface area contributed by atoms with Gasteiger partial charge in [0, 0.05) is 0 Å². The number of hydrogen-bond acceptors (Lipinski definition) is 0. The molecule has 0 atom stereocenters. The third kappa shape index (κ3) is 3.49. The van der Waals surface area contributed by atoms with Gasteiger partial charge in [0.15, 0.2) is 0 Å². The molecule has 0 saturated heterocycles. The Hall–Kier alpha value is -0.700. The average molecular weight is 108 g/mol. The van der Waals surface area contributed by atoms with Crippen LogP contribution >= 0.6 is 0 Å². The van der Waals surface area contributed by atoms with E-state index in [0.29, 0.717) is 0 Å². The second kappa shape index (κ2) is 4.46. The molecule has 0 unspecified atom stereocenters. The third-order valence-electron chi connectivity index (χ3n) is 0.832. The van der Waals surface area contributed by atoms with Crippen LogP contribution in [0.3, 0.4) is 0 Å². The van der Waals surface area contributed by atoms with Gasteiger partial charge in [-0.3, -0.25) is 0 Å². The molecule has 0 rings (SSSR count). The Morgan fingerprint density at radius 3 is 2.62 bits per heavy atom. The van der Waals surface area contributed by atoms with E-state index < -0.39 is 0 Å². The normalized spacial score (nSPS) is 10.1. The van der Waals surface area contributed by atoms with E-state index in [1.807, 2.05) is 13.8 Å². The summed E-state index contributed by atoms with van der Waals surface area (Å²) in [7, 11) is 0. The molecule has 0 amide bonds. The van der Waals surface area contributed by atoms with Crippen molar-refractivity contribution in [2.75, 3.05) is 0 Å². The van der Waals surface area contributed by atoms with Crippen LogP contribution in [0, 0.1) is 11.8 Å². The van der Waals surface area contributed by atoms with Crippen LogP contribution in [0.5, 0.6) is 0 Å². The van der Waals surface area contributed by atoms with E-state index in [-0.39, 0.29) is 0 Å². The Morgan fingerprint density at radius 2 is 2.25 bits per heavy atom. The van der Waals surface area contributed by atoms with Crippen molar-refractivity contribution in [2.24, 2.45) is 0 Å². The maximum atomic E-state index is 2.96. The molecule has 0 aromatic carbocycles. The van der Waals surface area contributed by atoms with Crippen LogP contribution < -0.4 is 0 Å². The van der Waals surface area contributed by atoms with Crippen LogP contribution in [-0.4, -0.2) is 0 Å². The van der Waals surface area contributed by atoms with Gasteiger partial charge in [-0.2, -0.15) is 0 Å².